The monoisotopic (exact) mass is 304 g/mol. The maximum atomic E-state index is 5.48. The van der Waals surface area contributed by atoms with Gasteiger partial charge >= 0.3 is 0 Å². The molecule has 1 nitrogen and oxygen atoms in total. The van der Waals surface area contributed by atoms with Crippen molar-refractivity contribution in [1.82, 2.24) is 0 Å². The molecule has 126 valence electrons. The summed E-state index contributed by atoms with van der Waals surface area (Å²) in [6.45, 7) is 11.3. The van der Waals surface area contributed by atoms with Gasteiger partial charge in [0, 0.05) is 7.11 Å². The largest absolute Gasteiger partial charge is 0.379 e. The van der Waals surface area contributed by atoms with E-state index in [9.17, 15) is 0 Å². The summed E-state index contributed by atoms with van der Waals surface area (Å²) < 4.78 is 5.48. The summed E-state index contributed by atoms with van der Waals surface area (Å²) in [5.74, 6) is 1.45. The Balaban J connectivity index is 2.20. The minimum atomic E-state index is 0.0396. The average molecular weight is 305 g/mol. The van der Waals surface area contributed by atoms with E-state index in [1.54, 1.807) is 0 Å². The van der Waals surface area contributed by atoms with Crippen molar-refractivity contribution in [2.45, 2.75) is 84.7 Å². The van der Waals surface area contributed by atoms with Gasteiger partial charge in [0.2, 0.25) is 0 Å². The third kappa shape index (κ3) is 7.45. The second-order valence-electron chi connectivity index (χ2n) is 7.75. The van der Waals surface area contributed by atoms with Crippen molar-refractivity contribution in [1.29, 1.82) is 0 Å². The molecule has 0 saturated carbocycles. The molecule has 0 saturated heterocycles. The topological polar surface area (TPSA) is 9.23 Å². The number of rotatable bonds is 10. The van der Waals surface area contributed by atoms with E-state index in [0.717, 1.165) is 12.3 Å². The molecule has 22 heavy (non-hydrogen) atoms. The molecule has 0 N–H and O–H groups in total. The van der Waals surface area contributed by atoms with E-state index in [4.69, 9.17) is 4.74 Å². The van der Waals surface area contributed by atoms with Crippen molar-refractivity contribution in [2.75, 3.05) is 7.11 Å². The Bertz CT molecular complexity index is 402. The molecule has 1 atom stereocenters. The lowest BCUT2D eigenvalue weighted by Gasteiger charge is -2.23. The summed E-state index contributed by atoms with van der Waals surface area (Å²) in [6.07, 6.45) is 7.59. The van der Waals surface area contributed by atoms with Crippen LogP contribution in [0.25, 0.3) is 0 Å². The van der Waals surface area contributed by atoms with Crippen LogP contribution < -0.4 is 0 Å². The maximum Gasteiger partial charge on any atom is 0.0622 e. The summed E-state index contributed by atoms with van der Waals surface area (Å²) in [4.78, 5) is 0. The fraction of sp³-hybridized carbons (Fsp3) is 0.714. The summed E-state index contributed by atoms with van der Waals surface area (Å²) in [7, 11) is 1.81. The van der Waals surface area contributed by atoms with Crippen LogP contribution in [-0.4, -0.2) is 12.7 Å². The minimum absolute atomic E-state index is 0.0396. The average Bonchev–Trinajstić information content (AvgIpc) is 2.47. The van der Waals surface area contributed by atoms with Gasteiger partial charge in [-0.2, -0.15) is 0 Å². The van der Waals surface area contributed by atoms with Crippen LogP contribution in [0.15, 0.2) is 24.3 Å². The SMILES string of the molecule is COC(C)(C)CCCC(C)CCCc1ccc(C(C)C)cc1. The number of ether oxygens (including phenoxy) is 1. The Morgan fingerprint density at radius 3 is 2.09 bits per heavy atom. The molecule has 1 rings (SSSR count). The van der Waals surface area contributed by atoms with Crippen LogP contribution in [0, 0.1) is 5.92 Å². The van der Waals surface area contributed by atoms with Gasteiger partial charge in [0.1, 0.15) is 0 Å². The van der Waals surface area contributed by atoms with Crippen LogP contribution in [0.2, 0.25) is 0 Å². The Hall–Kier alpha value is -0.820. The number of hydrogen-bond acceptors (Lipinski definition) is 1. The fourth-order valence-electron chi connectivity index (χ4n) is 2.85. The zero-order valence-electron chi connectivity index (χ0n) is 15.6. The Kier molecular flexibility index (Phi) is 8.17. The van der Waals surface area contributed by atoms with E-state index >= 15 is 0 Å². The van der Waals surface area contributed by atoms with Crippen molar-refractivity contribution in [3.05, 3.63) is 35.4 Å². The smallest absolute Gasteiger partial charge is 0.0622 e. The Labute approximate surface area is 138 Å². The lowest BCUT2D eigenvalue weighted by molar-refractivity contribution is 0.0127. The third-order valence-electron chi connectivity index (χ3n) is 4.84. The predicted molar refractivity (Wildman–Crippen MR) is 97.6 cm³/mol. The lowest BCUT2D eigenvalue weighted by Crippen LogP contribution is -2.22. The van der Waals surface area contributed by atoms with Gasteiger partial charge in [0.05, 0.1) is 5.60 Å². The predicted octanol–water partition coefficient (Wildman–Crippen LogP) is 6.36. The van der Waals surface area contributed by atoms with Crippen LogP contribution in [0.5, 0.6) is 0 Å². The zero-order valence-corrected chi connectivity index (χ0v) is 15.6. The maximum absolute atomic E-state index is 5.48. The first-order valence-electron chi connectivity index (χ1n) is 8.98. The molecule has 0 fully saturated rings. The van der Waals surface area contributed by atoms with Crippen LogP contribution in [0.4, 0.5) is 0 Å². The van der Waals surface area contributed by atoms with Crippen LogP contribution >= 0.6 is 0 Å². The summed E-state index contributed by atoms with van der Waals surface area (Å²) in [5, 5.41) is 0. The first kappa shape index (κ1) is 19.2. The van der Waals surface area contributed by atoms with Crippen LogP contribution in [0.3, 0.4) is 0 Å². The van der Waals surface area contributed by atoms with Gasteiger partial charge in [-0.25, -0.2) is 0 Å². The number of hydrogen-bond donors (Lipinski definition) is 0. The Morgan fingerprint density at radius 1 is 0.955 bits per heavy atom. The van der Waals surface area contributed by atoms with Crippen molar-refractivity contribution in [2.24, 2.45) is 5.92 Å². The van der Waals surface area contributed by atoms with Crippen LogP contribution in [0.1, 0.15) is 83.8 Å². The normalized spacial score (nSPS) is 13.6. The minimum Gasteiger partial charge on any atom is -0.379 e. The summed E-state index contributed by atoms with van der Waals surface area (Å²) in [5.41, 5.74) is 2.97. The van der Waals surface area contributed by atoms with Crippen molar-refractivity contribution in [3.8, 4) is 0 Å². The molecule has 0 aliphatic carbocycles. The van der Waals surface area contributed by atoms with Gasteiger partial charge in [-0.3, -0.25) is 0 Å². The second-order valence-corrected chi connectivity index (χ2v) is 7.75. The molecule has 1 heteroatoms. The molecule has 0 aliphatic heterocycles. The van der Waals surface area contributed by atoms with Gasteiger partial charge in [-0.15, -0.1) is 0 Å². The van der Waals surface area contributed by atoms with Crippen molar-refractivity contribution >= 4 is 0 Å². The molecule has 0 spiro atoms. The highest BCUT2D eigenvalue weighted by atomic mass is 16.5. The molecule has 0 radical (unpaired) electrons. The standard InChI is InChI=1S/C21H36O/c1-17(2)20-14-12-19(13-15-20)11-7-9-18(3)10-8-16-21(4,5)22-6/h12-15,17-18H,7-11,16H2,1-6H3. The molecule has 0 bridgehead atoms. The molecule has 1 aromatic carbocycles. The van der Waals surface area contributed by atoms with E-state index < -0.39 is 0 Å². The molecule has 0 heterocycles. The molecule has 1 aromatic rings. The second kappa shape index (κ2) is 9.35. The fourth-order valence-corrected chi connectivity index (χ4v) is 2.85. The lowest BCUT2D eigenvalue weighted by atomic mass is 9.92. The first-order chi connectivity index (χ1) is 10.3. The van der Waals surface area contributed by atoms with Crippen molar-refractivity contribution in [3.63, 3.8) is 0 Å². The highest BCUT2D eigenvalue weighted by Crippen LogP contribution is 2.22. The molecule has 0 amide bonds. The van der Waals surface area contributed by atoms with Gasteiger partial charge in [-0.1, -0.05) is 64.3 Å². The quantitative estimate of drug-likeness (QED) is 0.488. The molecular formula is C21H36O. The summed E-state index contributed by atoms with van der Waals surface area (Å²) in [6, 6.07) is 9.19. The number of methoxy groups -OCH3 is 1. The third-order valence-corrected chi connectivity index (χ3v) is 4.84. The van der Waals surface area contributed by atoms with E-state index in [1.165, 1.54) is 43.2 Å². The highest BCUT2D eigenvalue weighted by molar-refractivity contribution is 5.24. The van der Waals surface area contributed by atoms with Gasteiger partial charge in [0.25, 0.3) is 0 Å². The van der Waals surface area contributed by atoms with E-state index in [0.29, 0.717) is 5.92 Å². The van der Waals surface area contributed by atoms with Crippen molar-refractivity contribution < 1.29 is 4.74 Å². The van der Waals surface area contributed by atoms with Crippen LogP contribution in [-0.2, 0) is 11.2 Å². The zero-order chi connectivity index (χ0) is 16.6. The number of aryl methyl sites for hydroxylation is 1. The van der Waals surface area contributed by atoms with E-state index in [2.05, 4.69) is 58.9 Å². The molecule has 1 unspecified atom stereocenters. The van der Waals surface area contributed by atoms with Gasteiger partial charge < -0.3 is 4.74 Å². The molecular weight excluding hydrogens is 268 g/mol. The molecule has 0 aliphatic rings. The number of benzene rings is 1. The highest BCUT2D eigenvalue weighted by Gasteiger charge is 2.16. The van der Waals surface area contributed by atoms with E-state index in [-0.39, 0.29) is 5.60 Å². The molecule has 0 aromatic heterocycles. The Morgan fingerprint density at radius 2 is 1.55 bits per heavy atom. The van der Waals surface area contributed by atoms with Gasteiger partial charge in [-0.05, 0) is 56.1 Å². The van der Waals surface area contributed by atoms with Gasteiger partial charge in [0.15, 0.2) is 0 Å². The van der Waals surface area contributed by atoms with E-state index in [1.807, 2.05) is 7.11 Å². The first-order valence-corrected chi connectivity index (χ1v) is 8.98. The summed E-state index contributed by atoms with van der Waals surface area (Å²) >= 11 is 0.